The van der Waals surface area contributed by atoms with Crippen LogP contribution in [0.5, 0.6) is 0 Å². The van der Waals surface area contributed by atoms with Crippen molar-refractivity contribution in [3.05, 3.63) is 59.1 Å². The van der Waals surface area contributed by atoms with Crippen LogP contribution in [-0.2, 0) is 11.3 Å². The Kier molecular flexibility index (Phi) is 6.10. The third-order valence-corrected chi connectivity index (χ3v) is 4.10. The molecule has 4 nitrogen and oxygen atoms in total. The molecule has 1 heterocycles. The van der Waals surface area contributed by atoms with E-state index in [0.29, 0.717) is 13.3 Å². The van der Waals surface area contributed by atoms with Gasteiger partial charge in [0.25, 0.3) is 0 Å². The summed E-state index contributed by atoms with van der Waals surface area (Å²) in [5.74, 6) is 0.992. The van der Waals surface area contributed by atoms with Crippen LogP contribution >= 0.6 is 11.6 Å². The summed E-state index contributed by atoms with van der Waals surface area (Å²) < 4.78 is 5.61. The summed E-state index contributed by atoms with van der Waals surface area (Å²) in [5.41, 5.74) is 3.16. The number of benzene rings is 2. The molecule has 1 aliphatic rings. The van der Waals surface area contributed by atoms with E-state index in [0.717, 1.165) is 53.7 Å². The lowest BCUT2D eigenvalue weighted by Gasteiger charge is -2.14. The number of ether oxygens (including phenoxy) is 1. The number of hydrogen-bond acceptors (Lipinski definition) is 3. The monoisotopic (exact) mass is 343 g/mol. The second-order valence-corrected chi connectivity index (χ2v) is 6.19. The van der Waals surface area contributed by atoms with E-state index in [-0.39, 0.29) is 0 Å². The number of rotatable bonds is 2. The zero-order chi connectivity index (χ0) is 16.6. The van der Waals surface area contributed by atoms with Gasteiger partial charge in [-0.1, -0.05) is 35.9 Å². The number of anilines is 2. The number of aliphatic imine (C=N–C) groups is 1. The van der Waals surface area contributed by atoms with E-state index in [2.05, 4.69) is 16.7 Å². The molecule has 0 aliphatic carbocycles. The lowest BCUT2D eigenvalue weighted by atomic mass is 10.2. The molecule has 0 spiro atoms. The van der Waals surface area contributed by atoms with Crippen molar-refractivity contribution in [3.8, 4) is 0 Å². The fourth-order valence-corrected chi connectivity index (χ4v) is 2.82. The molecule has 2 N–H and O–H groups in total. The van der Waals surface area contributed by atoms with E-state index in [1.54, 1.807) is 0 Å². The van der Waals surface area contributed by atoms with Gasteiger partial charge in [-0.25, -0.2) is 0 Å². The summed E-state index contributed by atoms with van der Waals surface area (Å²) in [6.07, 6.45) is 2.97. The maximum absolute atomic E-state index is 6.05. The minimum atomic E-state index is 0.522. The van der Waals surface area contributed by atoms with Crippen LogP contribution in [0.3, 0.4) is 0 Å². The first-order valence-electron chi connectivity index (χ1n) is 8.27. The summed E-state index contributed by atoms with van der Waals surface area (Å²) in [6.45, 7) is 1.90. The summed E-state index contributed by atoms with van der Waals surface area (Å²) in [5, 5.41) is 7.53. The Morgan fingerprint density at radius 2 is 1.92 bits per heavy atom. The van der Waals surface area contributed by atoms with Crippen LogP contribution in [0.1, 0.15) is 24.8 Å². The van der Waals surface area contributed by atoms with Gasteiger partial charge in [0.05, 0.1) is 17.9 Å². The highest BCUT2D eigenvalue weighted by Crippen LogP contribution is 2.22. The van der Waals surface area contributed by atoms with Crippen LogP contribution in [-0.4, -0.2) is 19.2 Å². The average Bonchev–Trinajstić information content (AvgIpc) is 2.64. The molecule has 0 saturated carbocycles. The third-order valence-electron chi connectivity index (χ3n) is 3.86. The number of hydrogen-bond donors (Lipinski definition) is 2. The van der Waals surface area contributed by atoms with Crippen molar-refractivity contribution in [2.45, 2.75) is 25.8 Å². The normalized spacial score (nSPS) is 17.3. The molecule has 1 aliphatic heterocycles. The van der Waals surface area contributed by atoms with Crippen LogP contribution in [0.4, 0.5) is 11.4 Å². The number of nitrogens with zero attached hydrogens (tertiary/aromatic N) is 1. The van der Waals surface area contributed by atoms with Crippen LogP contribution < -0.4 is 10.6 Å². The first-order chi connectivity index (χ1) is 11.8. The van der Waals surface area contributed by atoms with Crippen molar-refractivity contribution in [3.63, 3.8) is 0 Å². The molecule has 0 bridgehead atoms. The molecule has 24 heavy (non-hydrogen) atoms. The van der Waals surface area contributed by atoms with Crippen LogP contribution in [0.25, 0.3) is 0 Å². The molecular weight excluding hydrogens is 322 g/mol. The Labute approximate surface area is 147 Å². The number of nitrogens with one attached hydrogen (secondary N) is 2. The second kappa shape index (κ2) is 8.71. The van der Waals surface area contributed by atoms with Gasteiger partial charge in [0.2, 0.25) is 0 Å². The standard InChI is InChI=1S/C19H22ClN3O/c20-16-7-5-6-15(12-16)13-21-19-10-3-4-11-24-14-22-17-8-1-2-9-18(17)23-19/h1-2,5-9,12,22H,3-4,10-11,13-14H2,(H,21,23). The van der Waals surface area contributed by atoms with Crippen LogP contribution in [0.15, 0.2) is 53.5 Å². The van der Waals surface area contributed by atoms with Crippen molar-refractivity contribution < 1.29 is 4.74 Å². The summed E-state index contributed by atoms with van der Waals surface area (Å²) in [7, 11) is 0. The number of fused-ring (bicyclic) bond motifs is 1. The lowest BCUT2D eigenvalue weighted by Crippen LogP contribution is -2.14. The first-order valence-corrected chi connectivity index (χ1v) is 8.64. The highest BCUT2D eigenvalue weighted by atomic mass is 35.5. The predicted molar refractivity (Wildman–Crippen MR) is 101 cm³/mol. The van der Waals surface area contributed by atoms with E-state index >= 15 is 0 Å². The maximum Gasteiger partial charge on any atom is 0.116 e. The van der Waals surface area contributed by atoms with Gasteiger partial charge in [0.1, 0.15) is 12.6 Å². The summed E-state index contributed by atoms with van der Waals surface area (Å²) in [6, 6.07) is 16.0. The van der Waals surface area contributed by atoms with Gasteiger partial charge in [-0.15, -0.1) is 0 Å². The average molecular weight is 344 g/mol. The second-order valence-electron chi connectivity index (χ2n) is 5.75. The van der Waals surface area contributed by atoms with Gasteiger partial charge in [-0.3, -0.25) is 4.99 Å². The highest BCUT2D eigenvalue weighted by molar-refractivity contribution is 6.30. The van der Waals surface area contributed by atoms with Crippen molar-refractivity contribution in [1.29, 1.82) is 0 Å². The van der Waals surface area contributed by atoms with Gasteiger partial charge in [-0.2, -0.15) is 0 Å². The number of amidine groups is 1. The molecule has 0 saturated heterocycles. The van der Waals surface area contributed by atoms with Crippen LogP contribution in [0, 0.1) is 0 Å². The Morgan fingerprint density at radius 1 is 1.04 bits per heavy atom. The smallest absolute Gasteiger partial charge is 0.116 e. The van der Waals surface area contributed by atoms with Crippen LogP contribution in [0.2, 0.25) is 5.02 Å². The quantitative estimate of drug-likeness (QED) is 0.813. The molecule has 5 heteroatoms. The van der Waals surface area contributed by atoms with Gasteiger partial charge in [-0.05, 0) is 42.7 Å². The zero-order valence-corrected chi connectivity index (χ0v) is 14.4. The van der Waals surface area contributed by atoms with E-state index in [1.165, 1.54) is 0 Å². The van der Waals surface area contributed by atoms with Gasteiger partial charge >= 0.3 is 0 Å². The topological polar surface area (TPSA) is 45.6 Å². The molecule has 0 unspecified atom stereocenters. The minimum Gasteiger partial charge on any atom is -0.361 e. The van der Waals surface area contributed by atoms with Crippen molar-refractivity contribution in [2.24, 2.45) is 4.99 Å². The molecule has 0 aromatic heterocycles. The maximum atomic E-state index is 6.05. The minimum absolute atomic E-state index is 0.522. The molecule has 126 valence electrons. The van der Waals surface area contributed by atoms with E-state index in [9.17, 15) is 0 Å². The molecule has 0 fully saturated rings. The molecular formula is C19H22ClN3O. The first kappa shape index (κ1) is 16.8. The predicted octanol–water partition coefficient (Wildman–Crippen LogP) is 4.92. The molecule has 2 aromatic carbocycles. The van der Waals surface area contributed by atoms with E-state index in [4.69, 9.17) is 21.3 Å². The van der Waals surface area contributed by atoms with Gasteiger partial charge in [0, 0.05) is 18.1 Å². The largest absolute Gasteiger partial charge is 0.361 e. The van der Waals surface area contributed by atoms with Gasteiger partial charge < -0.3 is 15.4 Å². The highest BCUT2D eigenvalue weighted by Gasteiger charge is 2.07. The Bertz CT molecular complexity index is 703. The molecule has 2 aromatic rings. The van der Waals surface area contributed by atoms with E-state index < -0.39 is 0 Å². The van der Waals surface area contributed by atoms with Crippen molar-refractivity contribution in [1.82, 2.24) is 0 Å². The Hall–Kier alpha value is -2.04. The lowest BCUT2D eigenvalue weighted by molar-refractivity contribution is 0.148. The summed E-state index contributed by atoms with van der Waals surface area (Å²) >= 11 is 6.05. The zero-order valence-electron chi connectivity index (χ0n) is 13.6. The molecule has 0 amide bonds. The van der Waals surface area contributed by atoms with Crippen molar-refractivity contribution >= 4 is 28.8 Å². The third kappa shape index (κ3) is 4.98. The Balaban J connectivity index is 1.78. The number of para-hydroxylation sites is 2. The number of halogens is 1. The molecule has 0 atom stereocenters. The molecule has 3 rings (SSSR count). The fourth-order valence-electron chi connectivity index (χ4n) is 2.60. The molecule has 0 radical (unpaired) electrons. The summed E-state index contributed by atoms with van der Waals surface area (Å²) in [4.78, 5) is 4.78. The fraction of sp³-hybridized carbons (Fsp3) is 0.316. The van der Waals surface area contributed by atoms with Gasteiger partial charge in [0.15, 0.2) is 0 Å². The Morgan fingerprint density at radius 3 is 2.79 bits per heavy atom. The van der Waals surface area contributed by atoms with E-state index in [1.807, 2.05) is 42.5 Å². The van der Waals surface area contributed by atoms with Crippen molar-refractivity contribution in [2.75, 3.05) is 24.0 Å². The SMILES string of the molecule is Clc1cccc(CN=C2CCCCOCNc3ccccc3N2)c1.